The maximum Gasteiger partial charge on any atom is 0.290 e. The fraction of sp³-hybridized carbons (Fsp3) is 0.250. The Balaban J connectivity index is 2.02. The number of hydrogen-bond donors (Lipinski definition) is 1. The third-order valence-electron chi connectivity index (χ3n) is 2.45. The summed E-state index contributed by atoms with van der Waals surface area (Å²) >= 11 is 0.944. The van der Waals surface area contributed by atoms with E-state index in [1.165, 1.54) is 0 Å². The van der Waals surface area contributed by atoms with Crippen LogP contribution in [0.3, 0.4) is 0 Å². The Morgan fingerprint density at radius 3 is 2.72 bits per heavy atom. The van der Waals surface area contributed by atoms with Gasteiger partial charge < -0.3 is 5.32 Å². The molecule has 1 fully saturated rings. The van der Waals surface area contributed by atoms with Gasteiger partial charge in [-0.15, -0.1) is 0 Å². The fourth-order valence-electron chi connectivity index (χ4n) is 1.59. The topological polar surface area (TPSA) is 73.2 Å². The summed E-state index contributed by atoms with van der Waals surface area (Å²) in [4.78, 5) is 24.7. The first-order chi connectivity index (χ1) is 8.72. The Morgan fingerprint density at radius 1 is 1.33 bits per heavy atom. The number of nitriles is 1. The Kier molecular flexibility index (Phi) is 3.85. The van der Waals surface area contributed by atoms with Gasteiger partial charge in [-0.3, -0.25) is 14.5 Å². The molecule has 1 N–H and O–H groups in total. The number of carbonyl (C=O) groups excluding carboxylic acids is 2. The predicted molar refractivity (Wildman–Crippen MR) is 68.8 cm³/mol. The zero-order valence-corrected chi connectivity index (χ0v) is 10.3. The molecule has 0 bridgehead atoms. The second kappa shape index (κ2) is 5.56. The van der Waals surface area contributed by atoms with Gasteiger partial charge in [-0.1, -0.05) is 18.2 Å². The van der Waals surface area contributed by atoms with E-state index in [2.05, 4.69) is 5.32 Å². The standard InChI is InChI=1S/C12H11N3O2S/c13-7-4-8-15-11(16)10(18-12(15)17)14-9-5-2-1-3-6-9/h1-3,5-6,10,14H,4,8H2. The highest BCUT2D eigenvalue weighted by Gasteiger charge is 2.39. The first-order valence-corrected chi connectivity index (χ1v) is 6.31. The van der Waals surface area contributed by atoms with Crippen LogP contribution >= 0.6 is 11.8 Å². The second-order valence-corrected chi connectivity index (χ2v) is 4.73. The van der Waals surface area contributed by atoms with Gasteiger partial charge in [0.15, 0.2) is 5.37 Å². The normalized spacial score (nSPS) is 18.8. The minimum absolute atomic E-state index is 0.161. The summed E-state index contributed by atoms with van der Waals surface area (Å²) in [7, 11) is 0. The minimum atomic E-state index is -0.599. The van der Waals surface area contributed by atoms with Crippen molar-refractivity contribution >= 4 is 28.6 Å². The van der Waals surface area contributed by atoms with E-state index in [-0.39, 0.29) is 24.1 Å². The molecule has 1 saturated heterocycles. The number of para-hydroxylation sites is 1. The molecule has 1 aromatic rings. The quantitative estimate of drug-likeness (QED) is 0.897. The third kappa shape index (κ3) is 2.63. The molecule has 1 aliphatic rings. The number of nitrogens with zero attached hydrogens (tertiary/aromatic N) is 2. The molecule has 6 heteroatoms. The van der Waals surface area contributed by atoms with Gasteiger partial charge in [0.2, 0.25) is 0 Å². The summed E-state index contributed by atoms with van der Waals surface area (Å²) < 4.78 is 0. The monoisotopic (exact) mass is 261 g/mol. The maximum absolute atomic E-state index is 11.9. The van der Waals surface area contributed by atoms with Crippen LogP contribution in [0.1, 0.15) is 6.42 Å². The lowest BCUT2D eigenvalue weighted by Crippen LogP contribution is -2.34. The van der Waals surface area contributed by atoms with Crippen molar-refractivity contribution in [3.8, 4) is 6.07 Å². The maximum atomic E-state index is 11.9. The third-order valence-corrected chi connectivity index (χ3v) is 3.43. The number of carbonyl (C=O) groups is 2. The van der Waals surface area contributed by atoms with Crippen molar-refractivity contribution in [1.82, 2.24) is 4.90 Å². The number of benzene rings is 1. The number of rotatable bonds is 4. The Hall–Kier alpha value is -2.00. The largest absolute Gasteiger partial charge is 0.365 e. The lowest BCUT2D eigenvalue weighted by atomic mass is 10.3. The van der Waals surface area contributed by atoms with Crippen molar-refractivity contribution in [2.75, 3.05) is 11.9 Å². The lowest BCUT2D eigenvalue weighted by Gasteiger charge is -2.13. The molecule has 0 saturated carbocycles. The first kappa shape index (κ1) is 12.5. The van der Waals surface area contributed by atoms with Gasteiger partial charge in [-0.05, 0) is 23.9 Å². The highest BCUT2D eigenvalue weighted by Crippen LogP contribution is 2.28. The Bertz CT molecular complexity index is 498. The van der Waals surface area contributed by atoms with Gasteiger partial charge in [0.05, 0.1) is 12.5 Å². The summed E-state index contributed by atoms with van der Waals surface area (Å²) in [5, 5.41) is 10.6. The molecular formula is C12H11N3O2S. The fourth-order valence-corrected chi connectivity index (χ4v) is 2.52. The minimum Gasteiger partial charge on any atom is -0.365 e. The number of anilines is 1. The van der Waals surface area contributed by atoms with Gasteiger partial charge in [-0.25, -0.2) is 0 Å². The van der Waals surface area contributed by atoms with Gasteiger partial charge in [0.25, 0.3) is 11.1 Å². The smallest absolute Gasteiger partial charge is 0.290 e. The zero-order valence-electron chi connectivity index (χ0n) is 9.50. The molecular weight excluding hydrogens is 250 g/mol. The molecule has 92 valence electrons. The van der Waals surface area contributed by atoms with Crippen molar-refractivity contribution in [3.63, 3.8) is 0 Å². The number of hydrogen-bond acceptors (Lipinski definition) is 5. The van der Waals surface area contributed by atoms with Crippen LogP contribution in [0.15, 0.2) is 30.3 Å². The van der Waals surface area contributed by atoms with E-state index in [4.69, 9.17) is 5.26 Å². The van der Waals surface area contributed by atoms with Crippen molar-refractivity contribution < 1.29 is 9.59 Å². The summed E-state index contributed by atoms with van der Waals surface area (Å²) in [6.07, 6.45) is 0.163. The van der Waals surface area contributed by atoms with E-state index in [9.17, 15) is 9.59 Å². The molecule has 1 heterocycles. The summed E-state index contributed by atoms with van der Waals surface area (Å²) in [5.74, 6) is -0.288. The average molecular weight is 261 g/mol. The molecule has 1 unspecified atom stereocenters. The molecule has 0 aromatic heterocycles. The van der Waals surface area contributed by atoms with Crippen molar-refractivity contribution in [2.45, 2.75) is 11.8 Å². The molecule has 1 atom stereocenters. The highest BCUT2D eigenvalue weighted by molar-refractivity contribution is 8.15. The highest BCUT2D eigenvalue weighted by atomic mass is 32.2. The SMILES string of the molecule is N#CCCN1C(=O)SC(Nc2ccccc2)C1=O. The number of amides is 2. The first-order valence-electron chi connectivity index (χ1n) is 5.43. The van der Waals surface area contributed by atoms with Crippen molar-refractivity contribution in [3.05, 3.63) is 30.3 Å². The zero-order chi connectivity index (χ0) is 13.0. The van der Waals surface area contributed by atoms with E-state index in [1.807, 2.05) is 36.4 Å². The molecule has 2 amide bonds. The van der Waals surface area contributed by atoms with Gasteiger partial charge in [0.1, 0.15) is 0 Å². The molecule has 1 aromatic carbocycles. The van der Waals surface area contributed by atoms with Crippen LogP contribution in [-0.2, 0) is 4.79 Å². The summed E-state index contributed by atoms with van der Waals surface area (Å²) in [6, 6.07) is 11.2. The molecule has 1 aliphatic heterocycles. The number of thioether (sulfide) groups is 1. The number of nitrogens with one attached hydrogen (secondary N) is 1. The van der Waals surface area contributed by atoms with Crippen molar-refractivity contribution in [2.24, 2.45) is 0 Å². The summed E-state index contributed by atoms with van der Waals surface area (Å²) in [6.45, 7) is 0.161. The van der Waals surface area contributed by atoms with Crippen LogP contribution in [-0.4, -0.2) is 28.0 Å². The Morgan fingerprint density at radius 2 is 2.06 bits per heavy atom. The molecule has 0 radical (unpaired) electrons. The Labute approximate surface area is 109 Å². The second-order valence-electron chi connectivity index (χ2n) is 3.67. The molecule has 0 aliphatic carbocycles. The van der Waals surface area contributed by atoms with Gasteiger partial charge in [0, 0.05) is 12.2 Å². The lowest BCUT2D eigenvalue weighted by molar-refractivity contribution is -0.126. The molecule has 5 nitrogen and oxygen atoms in total. The average Bonchev–Trinajstić information content (AvgIpc) is 2.64. The van der Waals surface area contributed by atoms with Gasteiger partial charge in [-0.2, -0.15) is 5.26 Å². The number of imide groups is 1. The molecule has 18 heavy (non-hydrogen) atoms. The summed E-state index contributed by atoms with van der Waals surface area (Å²) in [5.41, 5.74) is 0.790. The molecule has 2 rings (SSSR count). The predicted octanol–water partition coefficient (Wildman–Crippen LogP) is 2.03. The van der Waals surface area contributed by atoms with Crippen LogP contribution in [0.25, 0.3) is 0 Å². The van der Waals surface area contributed by atoms with Crippen LogP contribution in [0.5, 0.6) is 0 Å². The van der Waals surface area contributed by atoms with Crippen molar-refractivity contribution in [1.29, 1.82) is 5.26 Å². The van der Waals surface area contributed by atoms with E-state index in [0.717, 1.165) is 22.3 Å². The van der Waals surface area contributed by atoms with E-state index >= 15 is 0 Å². The van der Waals surface area contributed by atoms with Crippen LogP contribution < -0.4 is 5.32 Å². The van der Waals surface area contributed by atoms with Crippen LogP contribution in [0, 0.1) is 11.3 Å². The van der Waals surface area contributed by atoms with E-state index in [1.54, 1.807) is 0 Å². The van der Waals surface area contributed by atoms with Crippen LogP contribution in [0.4, 0.5) is 10.5 Å². The van der Waals surface area contributed by atoms with E-state index in [0.29, 0.717) is 0 Å². The van der Waals surface area contributed by atoms with E-state index < -0.39 is 5.37 Å². The van der Waals surface area contributed by atoms with Gasteiger partial charge >= 0.3 is 0 Å². The molecule has 0 spiro atoms. The van der Waals surface area contributed by atoms with Crippen LogP contribution in [0.2, 0.25) is 0 Å².